The molecule has 1 fully saturated rings. The van der Waals surface area contributed by atoms with Gasteiger partial charge in [-0.3, -0.25) is 14.6 Å². The minimum atomic E-state index is -0.751. The molecule has 1 amide bonds. The van der Waals surface area contributed by atoms with Crippen LogP contribution in [0.15, 0.2) is 24.5 Å². The van der Waals surface area contributed by atoms with Crippen LogP contribution < -0.4 is 5.32 Å². The summed E-state index contributed by atoms with van der Waals surface area (Å²) in [5.41, 5.74) is 0.879. The molecule has 17 heavy (non-hydrogen) atoms. The highest BCUT2D eigenvalue weighted by Crippen LogP contribution is 2.29. The Bertz CT molecular complexity index is 419. The molecular formula is C12H14N2O3. The van der Waals surface area contributed by atoms with Crippen LogP contribution in [0.25, 0.3) is 0 Å². The van der Waals surface area contributed by atoms with Crippen molar-refractivity contribution in [3.05, 3.63) is 30.1 Å². The molecule has 1 aliphatic heterocycles. The van der Waals surface area contributed by atoms with E-state index < -0.39 is 11.9 Å². The minimum Gasteiger partial charge on any atom is -0.465 e. The summed E-state index contributed by atoms with van der Waals surface area (Å²) in [6.45, 7) is 2.46. The highest BCUT2D eigenvalue weighted by molar-refractivity contribution is 6.00. The van der Waals surface area contributed by atoms with Crippen molar-refractivity contribution >= 4 is 11.9 Å². The number of carbonyl (C=O) groups excluding carboxylic acids is 2. The molecule has 0 bridgehead atoms. The molecule has 0 radical (unpaired) electrons. The van der Waals surface area contributed by atoms with E-state index in [4.69, 9.17) is 4.74 Å². The highest BCUT2D eigenvalue weighted by Gasteiger charge is 2.42. The molecule has 90 valence electrons. The zero-order valence-corrected chi connectivity index (χ0v) is 9.55. The normalized spacial score (nSPS) is 23.2. The summed E-state index contributed by atoms with van der Waals surface area (Å²) < 4.78 is 4.93. The topological polar surface area (TPSA) is 68.3 Å². The fraction of sp³-hybridized carbons (Fsp3) is 0.417. The number of hydrogen-bond donors (Lipinski definition) is 1. The lowest BCUT2D eigenvalue weighted by molar-refractivity contribution is -0.151. The first-order valence-electron chi connectivity index (χ1n) is 5.58. The summed E-state index contributed by atoms with van der Waals surface area (Å²) in [6.07, 6.45) is 3.34. The quantitative estimate of drug-likeness (QED) is 0.610. The van der Waals surface area contributed by atoms with Crippen molar-refractivity contribution in [1.29, 1.82) is 0 Å². The van der Waals surface area contributed by atoms with Crippen LogP contribution in [-0.4, -0.2) is 30.0 Å². The van der Waals surface area contributed by atoms with E-state index in [0.29, 0.717) is 6.54 Å². The maximum atomic E-state index is 11.7. The molecular weight excluding hydrogens is 220 g/mol. The zero-order chi connectivity index (χ0) is 12.3. The second kappa shape index (κ2) is 4.95. The van der Waals surface area contributed by atoms with Gasteiger partial charge in [-0.15, -0.1) is 0 Å². The minimum absolute atomic E-state index is 0.185. The van der Waals surface area contributed by atoms with Crippen molar-refractivity contribution in [2.45, 2.75) is 12.8 Å². The average Bonchev–Trinajstić information content (AvgIpc) is 2.73. The third-order valence-electron chi connectivity index (χ3n) is 2.83. The summed E-state index contributed by atoms with van der Waals surface area (Å²) in [6, 6.07) is 3.66. The van der Waals surface area contributed by atoms with Crippen LogP contribution in [0.3, 0.4) is 0 Å². The maximum Gasteiger partial charge on any atom is 0.319 e. The maximum absolute atomic E-state index is 11.7. The molecule has 0 aliphatic carbocycles. The standard InChI is InChI=1S/C12H14N2O3/c1-2-17-12(16)10-9(7-14-11(10)15)8-4-3-5-13-6-8/h3-6,9-10H,2,7H2,1H3,(H,14,15)/t9-,10-/m1/s1. The number of nitrogens with zero attached hydrogens (tertiary/aromatic N) is 1. The predicted molar refractivity (Wildman–Crippen MR) is 60.1 cm³/mol. The first kappa shape index (κ1) is 11.6. The second-order valence-electron chi connectivity index (χ2n) is 3.87. The van der Waals surface area contributed by atoms with Gasteiger partial charge in [-0.2, -0.15) is 0 Å². The molecule has 5 nitrogen and oxygen atoms in total. The van der Waals surface area contributed by atoms with E-state index in [0.717, 1.165) is 5.56 Å². The lowest BCUT2D eigenvalue weighted by Crippen LogP contribution is -2.29. The van der Waals surface area contributed by atoms with Gasteiger partial charge in [0.25, 0.3) is 0 Å². The molecule has 0 spiro atoms. The third kappa shape index (κ3) is 2.27. The van der Waals surface area contributed by atoms with Gasteiger partial charge in [0.1, 0.15) is 5.92 Å². The van der Waals surface area contributed by atoms with E-state index in [2.05, 4.69) is 10.3 Å². The van der Waals surface area contributed by atoms with E-state index in [1.165, 1.54) is 0 Å². The molecule has 1 aliphatic rings. The molecule has 1 N–H and O–H groups in total. The van der Waals surface area contributed by atoms with Gasteiger partial charge >= 0.3 is 5.97 Å². The van der Waals surface area contributed by atoms with Crippen molar-refractivity contribution < 1.29 is 14.3 Å². The Hall–Kier alpha value is -1.91. The Kier molecular flexibility index (Phi) is 3.37. The van der Waals surface area contributed by atoms with Gasteiger partial charge in [0.2, 0.25) is 5.91 Å². The highest BCUT2D eigenvalue weighted by atomic mass is 16.5. The Morgan fingerprint density at radius 2 is 2.47 bits per heavy atom. The molecule has 1 aromatic heterocycles. The zero-order valence-electron chi connectivity index (χ0n) is 9.55. The van der Waals surface area contributed by atoms with Crippen LogP contribution >= 0.6 is 0 Å². The Balaban J connectivity index is 2.22. The van der Waals surface area contributed by atoms with E-state index in [1.807, 2.05) is 6.07 Å². The van der Waals surface area contributed by atoms with Crippen molar-refractivity contribution in [3.63, 3.8) is 0 Å². The van der Waals surface area contributed by atoms with Crippen LogP contribution in [0.4, 0.5) is 0 Å². The van der Waals surface area contributed by atoms with E-state index in [1.54, 1.807) is 25.4 Å². The average molecular weight is 234 g/mol. The first-order valence-corrected chi connectivity index (χ1v) is 5.58. The van der Waals surface area contributed by atoms with Gasteiger partial charge in [-0.25, -0.2) is 0 Å². The SMILES string of the molecule is CCOC(=O)[C@H]1C(=O)NC[C@@H]1c1cccnc1. The van der Waals surface area contributed by atoms with E-state index >= 15 is 0 Å². The second-order valence-corrected chi connectivity index (χ2v) is 3.87. The van der Waals surface area contributed by atoms with Crippen LogP contribution in [-0.2, 0) is 14.3 Å². The summed E-state index contributed by atoms with van der Waals surface area (Å²) in [7, 11) is 0. The number of nitrogens with one attached hydrogen (secondary N) is 1. The smallest absolute Gasteiger partial charge is 0.319 e. The van der Waals surface area contributed by atoms with Crippen LogP contribution in [0.1, 0.15) is 18.4 Å². The molecule has 2 heterocycles. The number of hydrogen-bond acceptors (Lipinski definition) is 4. The summed E-state index contributed by atoms with van der Waals surface area (Å²) >= 11 is 0. The van der Waals surface area contributed by atoms with Crippen molar-refractivity contribution in [3.8, 4) is 0 Å². The molecule has 2 rings (SSSR count). The summed E-state index contributed by atoms with van der Waals surface area (Å²) in [4.78, 5) is 27.4. The number of aromatic nitrogens is 1. The fourth-order valence-corrected chi connectivity index (χ4v) is 2.03. The number of amides is 1. The monoisotopic (exact) mass is 234 g/mol. The molecule has 1 saturated heterocycles. The third-order valence-corrected chi connectivity index (χ3v) is 2.83. The predicted octanol–water partition coefficient (Wildman–Crippen LogP) is 0.474. The van der Waals surface area contributed by atoms with Crippen molar-refractivity contribution in [2.75, 3.05) is 13.2 Å². The Morgan fingerprint density at radius 3 is 3.12 bits per heavy atom. The number of esters is 1. The number of ether oxygens (including phenoxy) is 1. The van der Waals surface area contributed by atoms with Crippen LogP contribution in [0.2, 0.25) is 0 Å². The lowest BCUT2D eigenvalue weighted by Gasteiger charge is -2.15. The molecule has 0 aromatic carbocycles. The van der Waals surface area contributed by atoms with Crippen LogP contribution in [0.5, 0.6) is 0 Å². The van der Waals surface area contributed by atoms with Crippen LogP contribution in [0, 0.1) is 5.92 Å². The fourth-order valence-electron chi connectivity index (χ4n) is 2.03. The first-order chi connectivity index (χ1) is 8.24. The lowest BCUT2D eigenvalue weighted by atomic mass is 9.89. The summed E-state index contributed by atoms with van der Waals surface area (Å²) in [5.74, 6) is -1.66. The van der Waals surface area contributed by atoms with Crippen molar-refractivity contribution in [2.24, 2.45) is 5.92 Å². The molecule has 2 atom stereocenters. The molecule has 0 unspecified atom stereocenters. The van der Waals surface area contributed by atoms with Gasteiger partial charge in [0.05, 0.1) is 6.61 Å². The van der Waals surface area contributed by atoms with Gasteiger partial charge in [0, 0.05) is 24.9 Å². The number of rotatable bonds is 3. The van der Waals surface area contributed by atoms with Gasteiger partial charge < -0.3 is 10.1 Å². The van der Waals surface area contributed by atoms with E-state index in [-0.39, 0.29) is 18.4 Å². The summed E-state index contributed by atoms with van der Waals surface area (Å²) in [5, 5.41) is 2.69. The van der Waals surface area contributed by atoms with Gasteiger partial charge in [-0.1, -0.05) is 6.07 Å². The van der Waals surface area contributed by atoms with Crippen molar-refractivity contribution in [1.82, 2.24) is 10.3 Å². The molecule has 1 aromatic rings. The Morgan fingerprint density at radius 1 is 1.65 bits per heavy atom. The molecule has 0 saturated carbocycles. The largest absolute Gasteiger partial charge is 0.465 e. The molecule has 5 heteroatoms. The van der Waals surface area contributed by atoms with E-state index in [9.17, 15) is 9.59 Å². The number of carbonyl (C=O) groups is 2. The van der Waals surface area contributed by atoms with Gasteiger partial charge in [0.15, 0.2) is 0 Å². The van der Waals surface area contributed by atoms with Gasteiger partial charge in [-0.05, 0) is 18.6 Å². The Labute approximate surface area is 99.2 Å². The number of pyridine rings is 1.